The Bertz CT molecular complexity index is 1020. The first-order valence-corrected chi connectivity index (χ1v) is 8.21. The highest BCUT2D eigenvalue weighted by atomic mass is 19.4. The molecule has 0 fully saturated rings. The fourth-order valence-corrected chi connectivity index (χ4v) is 3.01. The van der Waals surface area contributed by atoms with Crippen LogP contribution in [0, 0.1) is 0 Å². The Kier molecular flexibility index (Phi) is 3.99. The van der Waals surface area contributed by atoms with Gasteiger partial charge in [0.2, 0.25) is 0 Å². The number of hydrogen-bond donors (Lipinski definition) is 1. The summed E-state index contributed by atoms with van der Waals surface area (Å²) >= 11 is 0. The number of allylic oxidation sites excluding steroid dienone is 5. The molecule has 2 nitrogen and oxygen atoms in total. The van der Waals surface area contributed by atoms with E-state index < -0.39 is 11.7 Å². The first-order chi connectivity index (χ1) is 12.5. The second kappa shape index (κ2) is 6.33. The normalized spacial score (nSPS) is 16.3. The van der Waals surface area contributed by atoms with E-state index in [0.29, 0.717) is 6.42 Å². The summed E-state index contributed by atoms with van der Waals surface area (Å²) in [5.74, 6) is 0.761. The minimum absolute atomic E-state index is 0.181. The van der Waals surface area contributed by atoms with E-state index in [1.807, 2.05) is 42.5 Å². The molecule has 26 heavy (non-hydrogen) atoms. The third-order valence-corrected chi connectivity index (χ3v) is 4.30. The molecule has 1 N–H and O–H groups in total. The van der Waals surface area contributed by atoms with Gasteiger partial charge in [-0.25, -0.2) is 4.98 Å². The molecule has 0 saturated carbocycles. The topological polar surface area (TPSA) is 28.7 Å². The summed E-state index contributed by atoms with van der Waals surface area (Å²) in [4.78, 5) is 7.81. The molecule has 5 heteroatoms. The standard InChI is InChI=1S/C21H15F3N2/c22-21(23,24)17-6-2-1-5-16(17)13-14-9-11-15(12-10-14)20-25-18-7-3-4-8-19(18)26-20/h1-9,11-13H,10H2,(H,25,26). The Labute approximate surface area is 148 Å². The highest BCUT2D eigenvalue weighted by molar-refractivity contribution is 5.82. The monoisotopic (exact) mass is 352 g/mol. The van der Waals surface area contributed by atoms with Gasteiger partial charge in [0.1, 0.15) is 5.82 Å². The zero-order valence-electron chi connectivity index (χ0n) is 13.7. The SMILES string of the molecule is FC(F)(F)c1ccccc1C=C1C=CC(c2nc3ccccc3[nH]2)=CC1. The van der Waals surface area contributed by atoms with Crippen LogP contribution in [0.5, 0.6) is 0 Å². The number of rotatable bonds is 2. The molecule has 0 spiro atoms. The van der Waals surface area contributed by atoms with E-state index in [2.05, 4.69) is 9.97 Å². The molecule has 1 heterocycles. The molecule has 3 aromatic rings. The van der Waals surface area contributed by atoms with Gasteiger partial charge in [-0.1, -0.05) is 54.6 Å². The van der Waals surface area contributed by atoms with Crippen molar-refractivity contribution < 1.29 is 13.2 Å². The number of hydrogen-bond acceptors (Lipinski definition) is 1. The fourth-order valence-electron chi connectivity index (χ4n) is 3.01. The Morgan fingerprint density at radius 3 is 2.46 bits per heavy atom. The van der Waals surface area contributed by atoms with Crippen LogP contribution in [-0.2, 0) is 6.18 Å². The van der Waals surface area contributed by atoms with Crippen LogP contribution < -0.4 is 0 Å². The minimum atomic E-state index is -4.36. The van der Waals surface area contributed by atoms with E-state index in [-0.39, 0.29) is 5.56 Å². The van der Waals surface area contributed by atoms with Crippen LogP contribution in [0.25, 0.3) is 22.7 Å². The van der Waals surface area contributed by atoms with E-state index >= 15 is 0 Å². The lowest BCUT2D eigenvalue weighted by Crippen LogP contribution is -2.07. The fraction of sp³-hybridized carbons (Fsp3) is 0.0952. The number of para-hydroxylation sites is 2. The van der Waals surface area contributed by atoms with Crippen molar-refractivity contribution in [3.8, 4) is 0 Å². The smallest absolute Gasteiger partial charge is 0.338 e. The van der Waals surface area contributed by atoms with E-state index in [0.717, 1.165) is 34.1 Å². The highest BCUT2D eigenvalue weighted by Gasteiger charge is 2.32. The molecule has 4 rings (SSSR count). The lowest BCUT2D eigenvalue weighted by Gasteiger charge is -2.12. The van der Waals surface area contributed by atoms with Gasteiger partial charge in [-0.15, -0.1) is 0 Å². The maximum atomic E-state index is 13.1. The second-order valence-electron chi connectivity index (χ2n) is 6.10. The van der Waals surface area contributed by atoms with Gasteiger partial charge < -0.3 is 4.98 Å². The number of fused-ring (bicyclic) bond motifs is 1. The predicted octanol–water partition coefficient (Wildman–Crippen LogP) is 6.01. The Balaban J connectivity index is 1.60. The van der Waals surface area contributed by atoms with Gasteiger partial charge in [0.25, 0.3) is 0 Å². The lowest BCUT2D eigenvalue weighted by molar-refractivity contribution is -0.137. The van der Waals surface area contributed by atoms with Crippen LogP contribution in [0.3, 0.4) is 0 Å². The van der Waals surface area contributed by atoms with Crippen molar-refractivity contribution in [1.29, 1.82) is 0 Å². The maximum Gasteiger partial charge on any atom is 0.416 e. The van der Waals surface area contributed by atoms with Crippen molar-refractivity contribution in [2.75, 3.05) is 0 Å². The Morgan fingerprint density at radius 2 is 1.73 bits per heavy atom. The Hall–Kier alpha value is -3.08. The largest absolute Gasteiger partial charge is 0.416 e. The van der Waals surface area contributed by atoms with Gasteiger partial charge in [-0.2, -0.15) is 13.2 Å². The summed E-state index contributed by atoms with van der Waals surface area (Å²) in [5, 5.41) is 0. The zero-order valence-corrected chi connectivity index (χ0v) is 13.7. The molecule has 130 valence electrons. The average molecular weight is 352 g/mol. The molecule has 2 aromatic carbocycles. The first kappa shape index (κ1) is 16.4. The van der Waals surface area contributed by atoms with Crippen LogP contribution in [-0.4, -0.2) is 9.97 Å². The molecule has 0 radical (unpaired) electrons. The third-order valence-electron chi connectivity index (χ3n) is 4.30. The van der Waals surface area contributed by atoms with Crippen LogP contribution in [0.15, 0.2) is 72.3 Å². The van der Waals surface area contributed by atoms with E-state index in [1.54, 1.807) is 12.1 Å². The number of H-pyrrole nitrogens is 1. The third kappa shape index (κ3) is 3.20. The van der Waals surface area contributed by atoms with Crippen LogP contribution in [0.2, 0.25) is 0 Å². The van der Waals surface area contributed by atoms with Gasteiger partial charge in [-0.05, 0) is 35.8 Å². The minimum Gasteiger partial charge on any atom is -0.338 e. The summed E-state index contributed by atoms with van der Waals surface area (Å²) in [6.45, 7) is 0. The summed E-state index contributed by atoms with van der Waals surface area (Å²) < 4.78 is 39.3. The molecule has 1 aliphatic carbocycles. The van der Waals surface area contributed by atoms with Gasteiger partial charge in [0.05, 0.1) is 16.6 Å². The van der Waals surface area contributed by atoms with Crippen LogP contribution >= 0.6 is 0 Å². The molecule has 0 amide bonds. The quantitative estimate of drug-likeness (QED) is 0.601. The van der Waals surface area contributed by atoms with Crippen molar-refractivity contribution in [2.24, 2.45) is 0 Å². The number of halogens is 3. The number of aromatic amines is 1. The highest BCUT2D eigenvalue weighted by Crippen LogP contribution is 2.34. The van der Waals surface area contributed by atoms with Crippen molar-refractivity contribution in [3.63, 3.8) is 0 Å². The predicted molar refractivity (Wildman–Crippen MR) is 97.2 cm³/mol. The average Bonchev–Trinajstić information content (AvgIpc) is 3.06. The van der Waals surface area contributed by atoms with Crippen molar-refractivity contribution in [1.82, 2.24) is 9.97 Å². The lowest BCUT2D eigenvalue weighted by atomic mass is 9.97. The number of benzene rings is 2. The number of nitrogens with one attached hydrogen (secondary N) is 1. The molecule has 0 aliphatic heterocycles. The molecule has 1 aromatic heterocycles. The Morgan fingerprint density at radius 1 is 0.962 bits per heavy atom. The maximum absolute atomic E-state index is 13.1. The molecule has 1 aliphatic rings. The number of aromatic nitrogens is 2. The molecular formula is C21H15F3N2. The summed E-state index contributed by atoms with van der Waals surface area (Å²) in [5.41, 5.74) is 3.16. The number of nitrogens with zero attached hydrogens (tertiary/aromatic N) is 1. The van der Waals surface area contributed by atoms with Gasteiger partial charge in [-0.3, -0.25) is 0 Å². The molecule has 0 unspecified atom stereocenters. The second-order valence-corrected chi connectivity index (χ2v) is 6.10. The van der Waals surface area contributed by atoms with Crippen molar-refractivity contribution >= 4 is 22.7 Å². The zero-order chi connectivity index (χ0) is 18.1. The van der Waals surface area contributed by atoms with Crippen LogP contribution in [0.4, 0.5) is 13.2 Å². The molecular weight excluding hydrogens is 337 g/mol. The first-order valence-electron chi connectivity index (χ1n) is 8.21. The van der Waals surface area contributed by atoms with E-state index in [4.69, 9.17) is 0 Å². The van der Waals surface area contributed by atoms with Gasteiger partial charge in [0, 0.05) is 5.57 Å². The van der Waals surface area contributed by atoms with E-state index in [9.17, 15) is 13.2 Å². The number of imidazole rings is 1. The molecule has 0 bridgehead atoms. The summed E-state index contributed by atoms with van der Waals surface area (Å²) in [7, 11) is 0. The van der Waals surface area contributed by atoms with E-state index in [1.165, 1.54) is 12.1 Å². The number of alkyl halides is 3. The summed E-state index contributed by atoms with van der Waals surface area (Å²) in [6.07, 6.45) is 3.47. The molecule has 0 saturated heterocycles. The summed E-state index contributed by atoms with van der Waals surface area (Å²) in [6, 6.07) is 13.4. The van der Waals surface area contributed by atoms with Gasteiger partial charge in [0.15, 0.2) is 0 Å². The van der Waals surface area contributed by atoms with Crippen molar-refractivity contribution in [2.45, 2.75) is 12.6 Å². The molecule has 0 atom stereocenters. The van der Waals surface area contributed by atoms with Crippen LogP contribution in [0.1, 0.15) is 23.4 Å². The van der Waals surface area contributed by atoms with Crippen molar-refractivity contribution in [3.05, 3.63) is 89.3 Å². The van der Waals surface area contributed by atoms with Gasteiger partial charge >= 0.3 is 6.18 Å².